The molecule has 1 saturated heterocycles. The molecular formula is C19H29N3O3. The summed E-state index contributed by atoms with van der Waals surface area (Å²) in [4.78, 5) is 28.2. The van der Waals surface area contributed by atoms with E-state index in [1.54, 1.807) is 0 Å². The number of carbonyl (C=O) groups is 2. The number of para-hydroxylation sites is 2. The number of nitrogens with one attached hydrogen (secondary N) is 1. The van der Waals surface area contributed by atoms with E-state index in [0.717, 1.165) is 24.5 Å². The average molecular weight is 347 g/mol. The zero-order valence-corrected chi connectivity index (χ0v) is 15.6. The van der Waals surface area contributed by atoms with Crippen molar-refractivity contribution in [2.45, 2.75) is 33.7 Å². The van der Waals surface area contributed by atoms with Crippen LogP contribution in [0.1, 0.15) is 27.7 Å². The second-order valence-corrected chi connectivity index (χ2v) is 6.64. The van der Waals surface area contributed by atoms with Crippen LogP contribution in [0.25, 0.3) is 0 Å². The van der Waals surface area contributed by atoms with Gasteiger partial charge in [-0.1, -0.05) is 26.0 Å². The Morgan fingerprint density at radius 1 is 1.16 bits per heavy atom. The van der Waals surface area contributed by atoms with Crippen molar-refractivity contribution in [3.05, 3.63) is 24.3 Å². The Morgan fingerprint density at radius 2 is 1.80 bits per heavy atom. The fourth-order valence-corrected chi connectivity index (χ4v) is 3.09. The van der Waals surface area contributed by atoms with E-state index in [0.29, 0.717) is 19.7 Å². The highest BCUT2D eigenvalue weighted by molar-refractivity contribution is 5.87. The summed E-state index contributed by atoms with van der Waals surface area (Å²) >= 11 is 0. The van der Waals surface area contributed by atoms with Crippen LogP contribution in [0.15, 0.2) is 24.3 Å². The minimum Gasteiger partial charge on any atom is -0.492 e. The molecule has 1 unspecified atom stereocenters. The molecular weight excluding hydrogens is 318 g/mol. The van der Waals surface area contributed by atoms with Gasteiger partial charge in [0.05, 0.1) is 12.3 Å². The fourth-order valence-electron chi connectivity index (χ4n) is 3.09. The van der Waals surface area contributed by atoms with E-state index in [-0.39, 0.29) is 17.7 Å². The predicted octanol–water partition coefficient (Wildman–Crippen LogP) is 1.89. The standard InChI is InChI=1S/C19H29N3O3/c1-5-25-17-9-7-6-8-16(17)21-10-12-22(13-11-21)19(24)18(14(2)3)20-15(4)23/h6-9,14,18H,5,10-13H2,1-4H3,(H,20,23). The largest absolute Gasteiger partial charge is 0.492 e. The van der Waals surface area contributed by atoms with Crippen LogP contribution >= 0.6 is 0 Å². The molecule has 2 amide bonds. The predicted molar refractivity (Wildman–Crippen MR) is 98.8 cm³/mol. The summed E-state index contributed by atoms with van der Waals surface area (Å²) in [5.74, 6) is 0.774. The fraction of sp³-hybridized carbons (Fsp3) is 0.579. The molecule has 138 valence electrons. The van der Waals surface area contributed by atoms with Crippen molar-refractivity contribution < 1.29 is 14.3 Å². The minimum atomic E-state index is -0.459. The molecule has 0 radical (unpaired) electrons. The molecule has 6 nitrogen and oxygen atoms in total. The molecule has 1 fully saturated rings. The maximum absolute atomic E-state index is 12.8. The lowest BCUT2D eigenvalue weighted by atomic mass is 10.0. The Bertz CT molecular complexity index is 595. The molecule has 1 aromatic rings. The van der Waals surface area contributed by atoms with Gasteiger partial charge in [-0.25, -0.2) is 0 Å². The van der Waals surface area contributed by atoms with Gasteiger partial charge in [-0.2, -0.15) is 0 Å². The number of anilines is 1. The molecule has 0 spiro atoms. The summed E-state index contributed by atoms with van der Waals surface area (Å²) in [5, 5.41) is 2.78. The quantitative estimate of drug-likeness (QED) is 0.854. The highest BCUT2D eigenvalue weighted by atomic mass is 16.5. The number of amides is 2. The molecule has 25 heavy (non-hydrogen) atoms. The average Bonchev–Trinajstić information content (AvgIpc) is 2.60. The molecule has 2 rings (SSSR count). The Kier molecular flexibility index (Phi) is 6.67. The molecule has 1 N–H and O–H groups in total. The molecule has 0 aliphatic carbocycles. The third-order valence-electron chi connectivity index (χ3n) is 4.39. The molecule has 0 saturated carbocycles. The van der Waals surface area contributed by atoms with Gasteiger partial charge in [0, 0.05) is 33.1 Å². The van der Waals surface area contributed by atoms with Crippen LogP contribution in [0.5, 0.6) is 5.75 Å². The molecule has 0 bridgehead atoms. The number of ether oxygens (including phenoxy) is 1. The van der Waals surface area contributed by atoms with Gasteiger partial charge < -0.3 is 19.9 Å². The summed E-state index contributed by atoms with van der Waals surface area (Å²) in [6.45, 7) is 10.7. The van der Waals surface area contributed by atoms with Crippen LogP contribution in [-0.4, -0.2) is 55.5 Å². The third-order valence-corrected chi connectivity index (χ3v) is 4.39. The zero-order valence-electron chi connectivity index (χ0n) is 15.6. The van der Waals surface area contributed by atoms with E-state index >= 15 is 0 Å². The van der Waals surface area contributed by atoms with E-state index in [1.807, 2.05) is 43.9 Å². The van der Waals surface area contributed by atoms with Gasteiger partial charge in [-0.05, 0) is 25.0 Å². The van der Waals surface area contributed by atoms with Gasteiger partial charge in [-0.15, -0.1) is 0 Å². The van der Waals surface area contributed by atoms with Crippen molar-refractivity contribution in [1.29, 1.82) is 0 Å². The van der Waals surface area contributed by atoms with E-state index < -0.39 is 6.04 Å². The smallest absolute Gasteiger partial charge is 0.245 e. The first-order chi connectivity index (χ1) is 11.9. The number of piperazine rings is 1. The molecule has 1 heterocycles. The number of nitrogens with zero attached hydrogens (tertiary/aromatic N) is 2. The van der Waals surface area contributed by atoms with Crippen molar-refractivity contribution in [3.8, 4) is 5.75 Å². The Hall–Kier alpha value is -2.24. The Labute approximate surface area is 150 Å². The van der Waals surface area contributed by atoms with Gasteiger partial charge in [0.25, 0.3) is 0 Å². The van der Waals surface area contributed by atoms with E-state index in [9.17, 15) is 9.59 Å². The lowest BCUT2D eigenvalue weighted by molar-refractivity contribution is -0.137. The minimum absolute atomic E-state index is 0.00273. The second-order valence-electron chi connectivity index (χ2n) is 6.64. The van der Waals surface area contributed by atoms with Crippen molar-refractivity contribution in [3.63, 3.8) is 0 Å². The summed E-state index contributed by atoms with van der Waals surface area (Å²) in [5.41, 5.74) is 1.07. The molecule has 1 aliphatic rings. The monoisotopic (exact) mass is 347 g/mol. The Morgan fingerprint density at radius 3 is 2.36 bits per heavy atom. The summed E-state index contributed by atoms with van der Waals surface area (Å²) in [7, 11) is 0. The molecule has 0 aromatic heterocycles. The van der Waals surface area contributed by atoms with Crippen LogP contribution in [-0.2, 0) is 9.59 Å². The number of carbonyl (C=O) groups excluding carboxylic acids is 2. The number of hydrogen-bond donors (Lipinski definition) is 1. The maximum atomic E-state index is 12.8. The molecule has 1 atom stereocenters. The van der Waals surface area contributed by atoms with Crippen molar-refractivity contribution in [2.75, 3.05) is 37.7 Å². The van der Waals surface area contributed by atoms with E-state index in [1.165, 1.54) is 6.92 Å². The molecule has 1 aliphatic heterocycles. The zero-order chi connectivity index (χ0) is 18.4. The van der Waals surface area contributed by atoms with Crippen LogP contribution in [0.3, 0.4) is 0 Å². The number of hydrogen-bond acceptors (Lipinski definition) is 4. The highest BCUT2D eigenvalue weighted by Crippen LogP contribution is 2.29. The third kappa shape index (κ3) is 4.87. The maximum Gasteiger partial charge on any atom is 0.245 e. The first-order valence-electron chi connectivity index (χ1n) is 8.96. The van der Waals surface area contributed by atoms with Crippen molar-refractivity contribution in [1.82, 2.24) is 10.2 Å². The van der Waals surface area contributed by atoms with Crippen LogP contribution in [0.2, 0.25) is 0 Å². The van der Waals surface area contributed by atoms with Gasteiger partial charge in [0.1, 0.15) is 11.8 Å². The van der Waals surface area contributed by atoms with Gasteiger partial charge in [0.15, 0.2) is 0 Å². The van der Waals surface area contributed by atoms with Gasteiger partial charge >= 0.3 is 0 Å². The summed E-state index contributed by atoms with van der Waals surface area (Å²) in [6.07, 6.45) is 0. The molecule has 1 aromatic carbocycles. The lowest BCUT2D eigenvalue weighted by Gasteiger charge is -2.38. The topological polar surface area (TPSA) is 61.9 Å². The van der Waals surface area contributed by atoms with E-state index in [4.69, 9.17) is 4.74 Å². The van der Waals surface area contributed by atoms with Gasteiger partial charge in [0.2, 0.25) is 11.8 Å². The second kappa shape index (κ2) is 8.74. The summed E-state index contributed by atoms with van der Waals surface area (Å²) in [6, 6.07) is 7.54. The van der Waals surface area contributed by atoms with E-state index in [2.05, 4.69) is 16.3 Å². The number of benzene rings is 1. The normalized spacial score (nSPS) is 15.9. The van der Waals surface area contributed by atoms with Crippen molar-refractivity contribution in [2.24, 2.45) is 5.92 Å². The first kappa shape index (κ1) is 19.1. The SMILES string of the molecule is CCOc1ccccc1N1CCN(C(=O)C(NC(C)=O)C(C)C)CC1. The molecule has 6 heteroatoms. The van der Waals surface area contributed by atoms with Gasteiger partial charge in [-0.3, -0.25) is 9.59 Å². The number of rotatable bonds is 6. The van der Waals surface area contributed by atoms with Crippen LogP contribution in [0.4, 0.5) is 5.69 Å². The lowest BCUT2D eigenvalue weighted by Crippen LogP contribution is -2.56. The van der Waals surface area contributed by atoms with Crippen molar-refractivity contribution >= 4 is 17.5 Å². The summed E-state index contributed by atoms with van der Waals surface area (Å²) < 4.78 is 5.71. The highest BCUT2D eigenvalue weighted by Gasteiger charge is 2.30. The van der Waals surface area contributed by atoms with Crippen LogP contribution < -0.4 is 15.0 Å². The first-order valence-corrected chi connectivity index (χ1v) is 8.96. The van der Waals surface area contributed by atoms with Crippen LogP contribution in [0, 0.1) is 5.92 Å². The Balaban J connectivity index is 2.01.